The van der Waals surface area contributed by atoms with Gasteiger partial charge in [-0.3, -0.25) is 0 Å². The Morgan fingerprint density at radius 3 is 2.73 bits per heavy atom. The van der Waals surface area contributed by atoms with Crippen LogP contribution < -0.4 is 0 Å². The molecule has 0 N–H and O–H groups in total. The van der Waals surface area contributed by atoms with Gasteiger partial charge in [0.2, 0.25) is 0 Å². The Morgan fingerprint density at radius 1 is 1.60 bits per heavy atom. The lowest BCUT2D eigenvalue weighted by molar-refractivity contribution is 0.145. The van der Waals surface area contributed by atoms with Crippen molar-refractivity contribution in [3.05, 3.63) is 27.5 Å². The highest BCUT2D eigenvalue weighted by Gasteiger charge is 2.15. The standard InChI is InChI=1S/C9H6BrClF2N2/c10-8-5(1-2-14)3-6(9(12)13)15-7(8)4-11/h3,9H,1,4H2. The van der Waals surface area contributed by atoms with Crippen molar-refractivity contribution in [2.45, 2.75) is 18.7 Å². The summed E-state index contributed by atoms with van der Waals surface area (Å²) in [6.45, 7) is 0. The molecule has 80 valence electrons. The Hall–Kier alpha value is -0.730. The second-order valence-corrected chi connectivity index (χ2v) is 3.80. The number of hydrogen-bond acceptors (Lipinski definition) is 2. The maximum absolute atomic E-state index is 12.4. The molecule has 0 aromatic carbocycles. The van der Waals surface area contributed by atoms with Gasteiger partial charge in [0, 0.05) is 4.47 Å². The molecule has 0 radical (unpaired) electrons. The molecular weight excluding hydrogens is 289 g/mol. The smallest absolute Gasteiger partial charge is 0.249 e. The molecule has 0 aliphatic carbocycles. The summed E-state index contributed by atoms with van der Waals surface area (Å²) >= 11 is 8.74. The third kappa shape index (κ3) is 2.86. The Bertz CT molecular complexity index is 404. The van der Waals surface area contributed by atoms with Crippen molar-refractivity contribution in [1.29, 1.82) is 5.26 Å². The molecule has 1 aromatic rings. The number of aromatic nitrogens is 1. The predicted molar refractivity (Wildman–Crippen MR) is 55.8 cm³/mol. The molecule has 1 rings (SSSR count). The fourth-order valence-corrected chi connectivity index (χ4v) is 1.92. The first-order chi connectivity index (χ1) is 7.10. The SMILES string of the molecule is N#CCc1cc(C(F)F)nc(CCl)c1Br. The molecule has 1 heterocycles. The van der Waals surface area contributed by atoms with Crippen LogP contribution in [-0.4, -0.2) is 4.98 Å². The molecule has 15 heavy (non-hydrogen) atoms. The molecule has 2 nitrogen and oxygen atoms in total. The van der Waals surface area contributed by atoms with Gasteiger partial charge >= 0.3 is 0 Å². The van der Waals surface area contributed by atoms with Crippen molar-refractivity contribution in [1.82, 2.24) is 4.98 Å². The fraction of sp³-hybridized carbons (Fsp3) is 0.333. The van der Waals surface area contributed by atoms with Gasteiger partial charge in [-0.25, -0.2) is 13.8 Å². The third-order valence-electron chi connectivity index (χ3n) is 1.74. The Morgan fingerprint density at radius 2 is 2.27 bits per heavy atom. The number of nitriles is 1. The van der Waals surface area contributed by atoms with E-state index in [4.69, 9.17) is 16.9 Å². The van der Waals surface area contributed by atoms with Gasteiger partial charge in [0.1, 0.15) is 5.69 Å². The summed E-state index contributed by atoms with van der Waals surface area (Å²) in [6.07, 6.45) is -2.61. The molecular formula is C9H6BrClF2N2. The summed E-state index contributed by atoms with van der Waals surface area (Å²) in [5.41, 5.74) is 0.470. The normalized spacial score (nSPS) is 10.4. The minimum atomic E-state index is -2.66. The molecule has 0 saturated carbocycles. The topological polar surface area (TPSA) is 36.7 Å². The monoisotopic (exact) mass is 294 g/mol. The largest absolute Gasteiger partial charge is 0.280 e. The van der Waals surface area contributed by atoms with Crippen molar-refractivity contribution in [3.8, 4) is 6.07 Å². The first-order valence-corrected chi connectivity index (χ1v) is 5.32. The number of halogens is 4. The van der Waals surface area contributed by atoms with Gasteiger partial charge in [-0.05, 0) is 27.6 Å². The van der Waals surface area contributed by atoms with Crippen LogP contribution in [0.5, 0.6) is 0 Å². The minimum Gasteiger partial charge on any atom is -0.249 e. The van der Waals surface area contributed by atoms with Crippen LogP contribution in [-0.2, 0) is 12.3 Å². The highest BCUT2D eigenvalue weighted by molar-refractivity contribution is 9.10. The fourth-order valence-electron chi connectivity index (χ4n) is 1.08. The predicted octanol–water partition coefficient (Wildman–Crippen LogP) is 3.59. The molecule has 0 spiro atoms. The molecule has 0 unspecified atom stereocenters. The molecule has 1 aromatic heterocycles. The quantitative estimate of drug-likeness (QED) is 0.799. The maximum Gasteiger partial charge on any atom is 0.280 e. The minimum absolute atomic E-state index is 0.0274. The van der Waals surface area contributed by atoms with E-state index >= 15 is 0 Å². The number of hydrogen-bond donors (Lipinski definition) is 0. The number of alkyl halides is 3. The van der Waals surface area contributed by atoms with E-state index in [1.807, 2.05) is 6.07 Å². The van der Waals surface area contributed by atoms with Crippen molar-refractivity contribution in [3.63, 3.8) is 0 Å². The van der Waals surface area contributed by atoms with Crippen LogP contribution in [0.2, 0.25) is 0 Å². The van der Waals surface area contributed by atoms with Gasteiger partial charge in [-0.2, -0.15) is 5.26 Å². The van der Waals surface area contributed by atoms with Crippen LogP contribution in [0.4, 0.5) is 8.78 Å². The lowest BCUT2D eigenvalue weighted by Crippen LogP contribution is -2.00. The number of nitrogens with zero attached hydrogens (tertiary/aromatic N) is 2. The Balaban J connectivity index is 3.26. The van der Waals surface area contributed by atoms with Gasteiger partial charge in [0.05, 0.1) is 24.1 Å². The van der Waals surface area contributed by atoms with Crippen molar-refractivity contribution in [2.75, 3.05) is 0 Å². The zero-order valence-electron chi connectivity index (χ0n) is 7.48. The summed E-state index contributed by atoms with van der Waals surface area (Å²) in [7, 11) is 0. The Labute approximate surface area is 99.0 Å². The van der Waals surface area contributed by atoms with Crippen LogP contribution in [0.1, 0.15) is 23.4 Å². The number of rotatable bonds is 3. The van der Waals surface area contributed by atoms with E-state index in [1.165, 1.54) is 6.07 Å². The highest BCUT2D eigenvalue weighted by Crippen LogP contribution is 2.27. The van der Waals surface area contributed by atoms with Gasteiger partial charge in [0.25, 0.3) is 6.43 Å². The second-order valence-electron chi connectivity index (χ2n) is 2.74. The van der Waals surface area contributed by atoms with Gasteiger partial charge in [0.15, 0.2) is 0 Å². The Kier molecular flexibility index (Phi) is 4.43. The van der Waals surface area contributed by atoms with Crippen molar-refractivity contribution in [2.24, 2.45) is 0 Å². The van der Waals surface area contributed by atoms with Crippen molar-refractivity contribution >= 4 is 27.5 Å². The summed E-state index contributed by atoms with van der Waals surface area (Å²) in [4.78, 5) is 3.69. The van der Waals surface area contributed by atoms with E-state index in [1.54, 1.807) is 0 Å². The summed E-state index contributed by atoms with van der Waals surface area (Å²) in [5.74, 6) is 0.0274. The van der Waals surface area contributed by atoms with Gasteiger partial charge in [-0.15, -0.1) is 11.6 Å². The maximum atomic E-state index is 12.4. The molecule has 0 amide bonds. The molecule has 0 atom stereocenters. The molecule has 6 heteroatoms. The van der Waals surface area contributed by atoms with Gasteiger partial charge < -0.3 is 0 Å². The highest BCUT2D eigenvalue weighted by atomic mass is 79.9. The van der Waals surface area contributed by atoms with Crippen molar-refractivity contribution < 1.29 is 8.78 Å². The van der Waals surface area contributed by atoms with Crippen LogP contribution >= 0.6 is 27.5 Å². The third-order valence-corrected chi connectivity index (χ3v) is 2.96. The van der Waals surface area contributed by atoms with Crippen LogP contribution in [0.15, 0.2) is 10.5 Å². The zero-order chi connectivity index (χ0) is 11.4. The van der Waals surface area contributed by atoms with E-state index in [0.29, 0.717) is 15.7 Å². The summed E-state index contributed by atoms with van der Waals surface area (Å²) < 4.78 is 25.4. The first kappa shape index (κ1) is 12.3. The molecule has 0 aliphatic rings. The second kappa shape index (κ2) is 5.38. The van der Waals surface area contributed by atoms with E-state index < -0.39 is 6.43 Å². The zero-order valence-corrected chi connectivity index (χ0v) is 9.82. The van der Waals surface area contributed by atoms with E-state index in [2.05, 4.69) is 20.9 Å². The lowest BCUT2D eigenvalue weighted by Gasteiger charge is -2.08. The summed E-state index contributed by atoms with van der Waals surface area (Å²) in [5, 5.41) is 8.53. The lowest BCUT2D eigenvalue weighted by atomic mass is 10.1. The molecule has 0 saturated heterocycles. The van der Waals surface area contributed by atoms with Crippen LogP contribution in [0.3, 0.4) is 0 Å². The van der Waals surface area contributed by atoms with E-state index in [-0.39, 0.29) is 18.0 Å². The van der Waals surface area contributed by atoms with Crippen LogP contribution in [0.25, 0.3) is 0 Å². The molecule has 0 bridgehead atoms. The summed E-state index contributed by atoms with van der Waals surface area (Å²) in [6, 6.07) is 3.11. The van der Waals surface area contributed by atoms with E-state index in [9.17, 15) is 8.78 Å². The number of pyridine rings is 1. The van der Waals surface area contributed by atoms with Crippen LogP contribution in [0, 0.1) is 11.3 Å². The van der Waals surface area contributed by atoms with Gasteiger partial charge in [-0.1, -0.05) is 0 Å². The first-order valence-electron chi connectivity index (χ1n) is 3.99. The van der Waals surface area contributed by atoms with E-state index in [0.717, 1.165) is 0 Å². The molecule has 0 aliphatic heterocycles. The average molecular weight is 296 g/mol. The average Bonchev–Trinajstić information content (AvgIpc) is 2.21. The molecule has 0 fully saturated rings.